The quantitative estimate of drug-likeness (QED) is 0.0728. The van der Waals surface area contributed by atoms with Gasteiger partial charge in [0, 0.05) is 5.20 Å². The smallest absolute Gasteiger partial charge is 0.329 e. The van der Waals surface area contributed by atoms with Crippen molar-refractivity contribution in [2.24, 2.45) is 0 Å². The second kappa shape index (κ2) is 20.3. The highest BCUT2D eigenvalue weighted by molar-refractivity contribution is 6.89. The maximum Gasteiger partial charge on any atom is 0.329 e. The van der Waals surface area contributed by atoms with E-state index in [4.69, 9.17) is 4.74 Å². The first kappa shape index (κ1) is 29.4. The predicted octanol–water partition coefficient (Wildman–Crippen LogP) is 9.39. The Bertz CT molecular complexity index is 407. The summed E-state index contributed by atoms with van der Waals surface area (Å²) in [5.74, 6) is -0.117. The topological polar surface area (TPSA) is 26.3 Å². The Labute approximate surface area is 190 Å². The van der Waals surface area contributed by atoms with E-state index in [1.165, 1.54) is 96.3 Å². The Hall–Kier alpha value is -0.573. The zero-order chi connectivity index (χ0) is 22.5. The fourth-order valence-corrected chi connectivity index (χ4v) is 7.79. The SMILES string of the molecule is C=C(C(=O)OCCCCCCCCCCCCCCCCCC)[Si](CC)(CC)CC. The number of esters is 1. The van der Waals surface area contributed by atoms with Crippen LogP contribution in [0.25, 0.3) is 0 Å². The molecule has 0 unspecified atom stereocenters. The molecule has 0 heterocycles. The van der Waals surface area contributed by atoms with Crippen LogP contribution in [0.3, 0.4) is 0 Å². The molecule has 0 radical (unpaired) electrons. The summed E-state index contributed by atoms with van der Waals surface area (Å²) in [5, 5.41) is 0.812. The lowest BCUT2D eigenvalue weighted by atomic mass is 10.0. The highest BCUT2D eigenvalue weighted by Crippen LogP contribution is 2.28. The molecule has 0 aromatic rings. The van der Waals surface area contributed by atoms with Crippen molar-refractivity contribution in [1.82, 2.24) is 0 Å². The molecule has 30 heavy (non-hydrogen) atoms. The predicted molar refractivity (Wildman–Crippen MR) is 137 cm³/mol. The monoisotopic (exact) mass is 438 g/mol. The van der Waals surface area contributed by atoms with Crippen molar-refractivity contribution in [3.63, 3.8) is 0 Å². The molecular weight excluding hydrogens is 384 g/mol. The van der Waals surface area contributed by atoms with Crippen molar-refractivity contribution < 1.29 is 9.53 Å². The summed E-state index contributed by atoms with van der Waals surface area (Å²) >= 11 is 0. The van der Waals surface area contributed by atoms with Crippen molar-refractivity contribution in [1.29, 1.82) is 0 Å². The summed E-state index contributed by atoms with van der Waals surface area (Å²) in [6.07, 6.45) is 21.8. The van der Waals surface area contributed by atoms with Crippen LogP contribution in [0.15, 0.2) is 11.8 Å². The van der Waals surface area contributed by atoms with Gasteiger partial charge in [-0.3, -0.25) is 0 Å². The standard InChI is InChI=1S/C27H54O2Si/c1-6-10-11-12-13-14-15-16-17-18-19-20-21-22-23-24-25-29-27(28)26(5)30(7-2,8-3)9-4/h5-25H2,1-4H3. The Morgan fingerprint density at radius 1 is 0.600 bits per heavy atom. The lowest BCUT2D eigenvalue weighted by molar-refractivity contribution is -0.138. The highest BCUT2D eigenvalue weighted by atomic mass is 28.3. The van der Waals surface area contributed by atoms with Gasteiger partial charge in [-0.2, -0.15) is 0 Å². The maximum atomic E-state index is 12.3. The van der Waals surface area contributed by atoms with Gasteiger partial charge < -0.3 is 4.74 Å². The van der Waals surface area contributed by atoms with Crippen molar-refractivity contribution in [2.45, 2.75) is 149 Å². The first-order chi connectivity index (χ1) is 14.6. The van der Waals surface area contributed by atoms with Gasteiger partial charge in [-0.15, -0.1) is 0 Å². The average Bonchev–Trinajstić information content (AvgIpc) is 2.77. The van der Waals surface area contributed by atoms with Crippen LogP contribution in [0.2, 0.25) is 18.1 Å². The molecule has 0 aliphatic heterocycles. The van der Waals surface area contributed by atoms with Crippen LogP contribution < -0.4 is 0 Å². The zero-order valence-corrected chi connectivity index (χ0v) is 22.2. The third-order valence-corrected chi connectivity index (χ3v) is 12.7. The summed E-state index contributed by atoms with van der Waals surface area (Å²) in [6, 6.07) is 3.27. The average molecular weight is 439 g/mol. The molecule has 0 bridgehead atoms. The summed E-state index contributed by atoms with van der Waals surface area (Å²) in [6.45, 7) is 13.6. The maximum absolute atomic E-state index is 12.3. The van der Waals surface area contributed by atoms with E-state index in [-0.39, 0.29) is 5.97 Å². The Balaban J connectivity index is 3.46. The van der Waals surface area contributed by atoms with Gasteiger partial charge in [0.2, 0.25) is 0 Å². The second-order valence-corrected chi connectivity index (χ2v) is 14.5. The van der Waals surface area contributed by atoms with Crippen LogP contribution in [-0.4, -0.2) is 20.7 Å². The molecule has 0 aromatic carbocycles. The molecule has 0 fully saturated rings. The van der Waals surface area contributed by atoms with E-state index in [0.717, 1.165) is 29.7 Å². The molecule has 0 spiro atoms. The van der Waals surface area contributed by atoms with Gasteiger partial charge in [0.15, 0.2) is 0 Å². The van der Waals surface area contributed by atoms with E-state index in [1.807, 2.05) is 0 Å². The van der Waals surface area contributed by atoms with Crippen LogP contribution in [0, 0.1) is 0 Å². The number of rotatable bonds is 22. The molecule has 3 heteroatoms. The van der Waals surface area contributed by atoms with Gasteiger partial charge >= 0.3 is 5.97 Å². The second-order valence-electron chi connectivity index (χ2n) is 9.26. The lowest BCUT2D eigenvalue weighted by Crippen LogP contribution is -2.38. The van der Waals surface area contributed by atoms with Crippen LogP contribution in [0.4, 0.5) is 0 Å². The number of unbranched alkanes of at least 4 members (excludes halogenated alkanes) is 15. The van der Waals surface area contributed by atoms with Crippen LogP contribution >= 0.6 is 0 Å². The third-order valence-electron chi connectivity index (χ3n) is 7.15. The number of hydrogen-bond donors (Lipinski definition) is 0. The van der Waals surface area contributed by atoms with Crippen molar-refractivity contribution >= 4 is 14.0 Å². The van der Waals surface area contributed by atoms with Gasteiger partial charge in [0.25, 0.3) is 0 Å². The number of ether oxygens (including phenoxy) is 1. The first-order valence-corrected chi connectivity index (χ1v) is 16.1. The number of carbonyl (C=O) groups excluding carboxylic acids is 1. The van der Waals surface area contributed by atoms with E-state index < -0.39 is 8.07 Å². The molecule has 0 rings (SSSR count). The van der Waals surface area contributed by atoms with Crippen LogP contribution in [-0.2, 0) is 9.53 Å². The Morgan fingerprint density at radius 2 is 0.933 bits per heavy atom. The van der Waals surface area contributed by atoms with E-state index in [9.17, 15) is 4.79 Å². The molecule has 0 aliphatic carbocycles. The van der Waals surface area contributed by atoms with Gasteiger partial charge in [-0.1, -0.05) is 149 Å². The highest BCUT2D eigenvalue weighted by Gasteiger charge is 2.34. The Morgan fingerprint density at radius 3 is 1.27 bits per heavy atom. The van der Waals surface area contributed by atoms with Gasteiger partial charge in [-0.05, 0) is 6.42 Å². The van der Waals surface area contributed by atoms with Gasteiger partial charge in [0.05, 0.1) is 14.7 Å². The first-order valence-electron chi connectivity index (χ1n) is 13.4. The largest absolute Gasteiger partial charge is 0.463 e. The summed E-state index contributed by atoms with van der Waals surface area (Å²) < 4.78 is 5.53. The lowest BCUT2D eigenvalue weighted by Gasteiger charge is -2.28. The van der Waals surface area contributed by atoms with Crippen molar-refractivity contribution in [3.8, 4) is 0 Å². The minimum atomic E-state index is -1.67. The molecule has 0 saturated heterocycles. The van der Waals surface area contributed by atoms with E-state index in [2.05, 4.69) is 34.3 Å². The molecular formula is C27H54O2Si. The van der Waals surface area contributed by atoms with E-state index >= 15 is 0 Å². The summed E-state index contributed by atoms with van der Waals surface area (Å²) in [5.41, 5.74) is 0. The third kappa shape index (κ3) is 13.7. The minimum absolute atomic E-state index is 0.117. The van der Waals surface area contributed by atoms with Gasteiger partial charge in [-0.25, -0.2) is 4.79 Å². The molecule has 0 aliphatic rings. The molecule has 178 valence electrons. The fraction of sp³-hybridized carbons (Fsp3) is 0.889. The van der Waals surface area contributed by atoms with Crippen molar-refractivity contribution in [2.75, 3.05) is 6.61 Å². The number of hydrogen-bond acceptors (Lipinski definition) is 2. The van der Waals surface area contributed by atoms with Crippen LogP contribution in [0.5, 0.6) is 0 Å². The molecule has 0 saturated carbocycles. The van der Waals surface area contributed by atoms with E-state index in [1.54, 1.807) is 0 Å². The number of carbonyl (C=O) groups is 1. The molecule has 2 nitrogen and oxygen atoms in total. The van der Waals surface area contributed by atoms with Crippen molar-refractivity contribution in [3.05, 3.63) is 11.8 Å². The van der Waals surface area contributed by atoms with Gasteiger partial charge in [0.1, 0.15) is 0 Å². The minimum Gasteiger partial charge on any atom is -0.463 e. The zero-order valence-electron chi connectivity index (χ0n) is 21.2. The molecule has 0 atom stereocenters. The summed E-state index contributed by atoms with van der Waals surface area (Å²) in [7, 11) is -1.67. The normalized spacial score (nSPS) is 11.6. The molecule has 0 amide bonds. The Kier molecular flexibility index (Phi) is 19.9. The van der Waals surface area contributed by atoms with Crippen LogP contribution in [0.1, 0.15) is 130 Å². The summed E-state index contributed by atoms with van der Waals surface area (Å²) in [4.78, 5) is 12.3. The molecule has 0 N–H and O–H groups in total. The molecule has 0 aromatic heterocycles. The fourth-order valence-electron chi connectivity index (χ4n) is 4.51. The van der Waals surface area contributed by atoms with E-state index in [0.29, 0.717) is 6.61 Å².